The largest absolute Gasteiger partial charge is 0.394 e. The predicted molar refractivity (Wildman–Crippen MR) is 47.2 cm³/mol. The van der Waals surface area contributed by atoms with Crippen molar-refractivity contribution in [3.8, 4) is 0 Å². The van der Waals surface area contributed by atoms with Crippen LogP contribution in [0.1, 0.15) is 0 Å². The molecule has 16 heavy (non-hydrogen) atoms. The number of amides is 1. The number of aryl methyl sites for hydroxylation is 1. The first-order valence-electron chi connectivity index (χ1n) is 4.01. The second-order valence-corrected chi connectivity index (χ2v) is 2.95. The van der Waals surface area contributed by atoms with Crippen molar-refractivity contribution in [2.24, 2.45) is 7.05 Å². The maximum Gasteiger partial charge on any atom is 0.383 e. The lowest BCUT2D eigenvalue weighted by atomic mass is 10.3. The Bertz CT molecular complexity index is 384. The van der Waals surface area contributed by atoms with Crippen LogP contribution in [0.4, 0.5) is 29.1 Å². The number of nitrogens with zero attached hydrogens (tertiary/aromatic N) is 2. The molecule has 0 aliphatic rings. The van der Waals surface area contributed by atoms with Crippen molar-refractivity contribution in [2.75, 3.05) is 11.1 Å². The topological polar surface area (TPSA) is 72.9 Å². The fourth-order valence-corrected chi connectivity index (χ4v) is 0.898. The van der Waals surface area contributed by atoms with Gasteiger partial charge in [-0.15, -0.1) is 0 Å². The van der Waals surface area contributed by atoms with Gasteiger partial charge in [0.1, 0.15) is 0 Å². The highest BCUT2D eigenvalue weighted by molar-refractivity contribution is 5.97. The Morgan fingerprint density at radius 1 is 1.62 bits per heavy atom. The quantitative estimate of drug-likeness (QED) is 0.769. The number of hydrogen-bond acceptors (Lipinski definition) is 3. The molecule has 9 heteroatoms. The molecule has 1 amide bonds. The Hall–Kier alpha value is -1.80. The fraction of sp³-hybridized carbons (Fsp3) is 0.429. The van der Waals surface area contributed by atoms with E-state index in [1.807, 2.05) is 0 Å². The molecular formula is C7H8F4N4O. The summed E-state index contributed by atoms with van der Waals surface area (Å²) < 4.78 is 49.8. The van der Waals surface area contributed by atoms with E-state index in [0.717, 1.165) is 10.9 Å². The first-order valence-corrected chi connectivity index (χ1v) is 4.01. The molecule has 0 saturated heterocycles. The van der Waals surface area contributed by atoms with Crippen LogP contribution in [0.25, 0.3) is 0 Å². The Balaban J connectivity index is 2.87. The molecule has 1 rings (SSSR count). The van der Waals surface area contributed by atoms with Gasteiger partial charge in [-0.25, -0.2) is 8.78 Å². The van der Waals surface area contributed by atoms with Gasteiger partial charge in [-0.3, -0.25) is 9.48 Å². The van der Waals surface area contributed by atoms with Crippen molar-refractivity contribution in [2.45, 2.75) is 12.3 Å². The summed E-state index contributed by atoms with van der Waals surface area (Å²) in [5.74, 6) is -7.15. The van der Waals surface area contributed by atoms with Crippen LogP contribution in [0.5, 0.6) is 0 Å². The van der Waals surface area contributed by atoms with E-state index in [9.17, 15) is 22.4 Å². The van der Waals surface area contributed by atoms with Gasteiger partial charge in [0.05, 0.1) is 11.9 Å². The first-order chi connectivity index (χ1) is 7.26. The molecular weight excluding hydrogens is 232 g/mol. The number of hydrogen-bond donors (Lipinski definition) is 2. The third-order valence-corrected chi connectivity index (χ3v) is 1.78. The number of nitrogens with two attached hydrogens (primary N) is 1. The first kappa shape index (κ1) is 12.3. The standard InChI is InChI=1S/C7H8F4N4O/c1-15-4(3(12)2-13-15)14-6(16)7(10,11)5(8)9/h2,5H,12H2,1H3,(H,14,16). The van der Waals surface area contributed by atoms with E-state index in [1.165, 1.54) is 7.05 Å². The van der Waals surface area contributed by atoms with Crippen LogP contribution in [-0.2, 0) is 11.8 Å². The second-order valence-electron chi connectivity index (χ2n) is 2.95. The zero-order valence-electron chi connectivity index (χ0n) is 8.05. The fourth-order valence-electron chi connectivity index (χ4n) is 0.898. The summed E-state index contributed by atoms with van der Waals surface area (Å²) in [5.41, 5.74) is 5.18. The minimum Gasteiger partial charge on any atom is -0.394 e. The zero-order chi connectivity index (χ0) is 12.5. The molecule has 3 N–H and O–H groups in total. The van der Waals surface area contributed by atoms with Crippen LogP contribution < -0.4 is 11.1 Å². The van der Waals surface area contributed by atoms with Gasteiger partial charge in [-0.1, -0.05) is 0 Å². The van der Waals surface area contributed by atoms with Crippen LogP contribution in [-0.4, -0.2) is 28.0 Å². The summed E-state index contributed by atoms with van der Waals surface area (Å²) in [6, 6.07) is 0. The molecule has 0 fully saturated rings. The predicted octanol–water partition coefficient (Wildman–Crippen LogP) is 0.841. The maximum atomic E-state index is 12.6. The van der Waals surface area contributed by atoms with Gasteiger partial charge in [0.2, 0.25) is 0 Å². The average Bonchev–Trinajstić information content (AvgIpc) is 2.49. The third kappa shape index (κ3) is 2.07. The number of carbonyl (C=O) groups is 1. The Kier molecular flexibility index (Phi) is 3.06. The summed E-state index contributed by atoms with van der Waals surface area (Å²) in [4.78, 5) is 10.8. The van der Waals surface area contributed by atoms with Crippen molar-refractivity contribution >= 4 is 17.4 Å². The summed E-state index contributed by atoms with van der Waals surface area (Å²) in [6.07, 6.45) is -2.99. The van der Waals surface area contributed by atoms with Crippen molar-refractivity contribution in [1.82, 2.24) is 9.78 Å². The van der Waals surface area contributed by atoms with Crippen LogP contribution in [0, 0.1) is 0 Å². The van der Waals surface area contributed by atoms with Crippen molar-refractivity contribution in [3.05, 3.63) is 6.20 Å². The third-order valence-electron chi connectivity index (χ3n) is 1.78. The van der Waals surface area contributed by atoms with E-state index in [1.54, 1.807) is 5.32 Å². The lowest BCUT2D eigenvalue weighted by molar-refractivity contribution is -0.163. The summed E-state index contributed by atoms with van der Waals surface area (Å²) in [6.45, 7) is 0. The maximum absolute atomic E-state index is 12.6. The molecule has 0 spiro atoms. The highest BCUT2D eigenvalue weighted by Gasteiger charge is 2.49. The van der Waals surface area contributed by atoms with E-state index in [-0.39, 0.29) is 11.5 Å². The number of alkyl halides is 4. The van der Waals surface area contributed by atoms with Crippen LogP contribution in [0.3, 0.4) is 0 Å². The Morgan fingerprint density at radius 3 is 2.56 bits per heavy atom. The van der Waals surface area contributed by atoms with Crippen LogP contribution >= 0.6 is 0 Å². The van der Waals surface area contributed by atoms with Gasteiger partial charge in [0, 0.05) is 7.05 Å². The van der Waals surface area contributed by atoms with Gasteiger partial charge in [-0.05, 0) is 0 Å². The number of nitrogen functional groups attached to an aromatic ring is 1. The molecule has 0 aliphatic carbocycles. The second kappa shape index (κ2) is 3.99. The average molecular weight is 240 g/mol. The number of anilines is 2. The monoisotopic (exact) mass is 240 g/mol. The number of rotatable bonds is 3. The van der Waals surface area contributed by atoms with Crippen molar-refractivity contribution < 1.29 is 22.4 Å². The molecule has 0 aliphatic heterocycles. The number of halogens is 4. The van der Waals surface area contributed by atoms with E-state index >= 15 is 0 Å². The minimum absolute atomic E-state index is 0.0964. The van der Waals surface area contributed by atoms with Crippen LogP contribution in [0.2, 0.25) is 0 Å². The highest BCUT2D eigenvalue weighted by Crippen LogP contribution is 2.26. The molecule has 0 aromatic carbocycles. The molecule has 1 heterocycles. The SMILES string of the molecule is Cn1ncc(N)c1NC(=O)C(F)(F)C(F)F. The zero-order valence-corrected chi connectivity index (χ0v) is 8.05. The van der Waals surface area contributed by atoms with E-state index in [2.05, 4.69) is 5.10 Å². The summed E-state index contributed by atoms with van der Waals surface area (Å²) in [5, 5.41) is 5.13. The van der Waals surface area contributed by atoms with Gasteiger partial charge in [0.15, 0.2) is 5.82 Å². The van der Waals surface area contributed by atoms with E-state index in [0.29, 0.717) is 0 Å². The molecule has 1 aromatic heterocycles. The summed E-state index contributed by atoms with van der Waals surface area (Å²) in [7, 11) is 1.31. The van der Waals surface area contributed by atoms with E-state index < -0.39 is 18.3 Å². The van der Waals surface area contributed by atoms with Crippen LogP contribution in [0.15, 0.2) is 6.20 Å². The molecule has 90 valence electrons. The van der Waals surface area contributed by atoms with Crippen molar-refractivity contribution in [1.29, 1.82) is 0 Å². The highest BCUT2D eigenvalue weighted by atomic mass is 19.3. The molecule has 1 aromatic rings. The van der Waals surface area contributed by atoms with Gasteiger partial charge < -0.3 is 11.1 Å². The minimum atomic E-state index is -4.77. The molecule has 0 unspecified atom stereocenters. The molecule has 0 atom stereocenters. The smallest absolute Gasteiger partial charge is 0.383 e. The van der Waals surface area contributed by atoms with Gasteiger partial charge in [-0.2, -0.15) is 13.9 Å². The van der Waals surface area contributed by atoms with E-state index in [4.69, 9.17) is 5.73 Å². The Morgan fingerprint density at radius 2 is 2.19 bits per heavy atom. The van der Waals surface area contributed by atoms with Gasteiger partial charge in [0.25, 0.3) is 0 Å². The van der Waals surface area contributed by atoms with Gasteiger partial charge >= 0.3 is 18.3 Å². The number of carbonyl (C=O) groups excluding carboxylic acids is 1. The Labute approximate surface area is 87.2 Å². The normalized spacial score (nSPS) is 11.9. The number of aromatic nitrogens is 2. The molecule has 0 saturated carbocycles. The lowest BCUT2D eigenvalue weighted by Gasteiger charge is -2.14. The van der Waals surface area contributed by atoms with Crippen molar-refractivity contribution in [3.63, 3.8) is 0 Å². The molecule has 0 bridgehead atoms. The summed E-state index contributed by atoms with van der Waals surface area (Å²) >= 11 is 0. The lowest BCUT2D eigenvalue weighted by Crippen LogP contribution is -2.41. The number of nitrogens with one attached hydrogen (secondary N) is 1. The molecule has 5 nitrogen and oxygen atoms in total. The molecule has 0 radical (unpaired) electrons.